The van der Waals surface area contributed by atoms with Crippen LogP contribution in [-0.2, 0) is 0 Å². The molecule has 2 rings (SSSR count). The number of rotatable bonds is 3. The second kappa shape index (κ2) is 6.06. The van der Waals surface area contributed by atoms with Crippen molar-refractivity contribution < 1.29 is 9.84 Å². The molecular formula is C15H23NO2S. The van der Waals surface area contributed by atoms with Crippen LogP contribution in [0.5, 0.6) is 5.75 Å². The molecule has 0 saturated carbocycles. The largest absolute Gasteiger partial charge is 0.496 e. The van der Waals surface area contributed by atoms with E-state index in [1.807, 2.05) is 23.9 Å². The van der Waals surface area contributed by atoms with E-state index < -0.39 is 6.10 Å². The van der Waals surface area contributed by atoms with Gasteiger partial charge >= 0.3 is 0 Å². The van der Waals surface area contributed by atoms with Crippen LogP contribution in [-0.4, -0.2) is 35.8 Å². The third-order valence-corrected chi connectivity index (χ3v) is 5.21. The first-order chi connectivity index (χ1) is 9.06. The number of hydrogen-bond acceptors (Lipinski definition) is 4. The van der Waals surface area contributed by atoms with E-state index in [0.29, 0.717) is 11.3 Å². The molecule has 1 saturated heterocycles. The standard InChI is InChI=1S/C15H23NO2S/c1-10-12(3)19-9-8-16(10)13-6-5-7-14(18-4)15(13)11(2)17/h5-7,10-12,17H,8-9H2,1-4H3/t10?,11-,12?/m1/s1. The predicted molar refractivity (Wildman–Crippen MR) is 82.4 cm³/mol. The van der Waals surface area contributed by atoms with Crippen molar-refractivity contribution in [1.82, 2.24) is 0 Å². The molecule has 1 aliphatic rings. The third-order valence-electron chi connectivity index (χ3n) is 3.87. The summed E-state index contributed by atoms with van der Waals surface area (Å²) in [6, 6.07) is 6.46. The minimum atomic E-state index is -0.525. The van der Waals surface area contributed by atoms with Crippen LogP contribution in [0, 0.1) is 0 Å². The Labute approximate surface area is 120 Å². The lowest BCUT2D eigenvalue weighted by Crippen LogP contribution is -2.45. The number of aliphatic hydroxyl groups excluding tert-OH is 1. The van der Waals surface area contributed by atoms with E-state index in [1.165, 1.54) is 0 Å². The van der Waals surface area contributed by atoms with E-state index in [0.717, 1.165) is 29.3 Å². The number of methoxy groups -OCH3 is 1. The fraction of sp³-hybridized carbons (Fsp3) is 0.600. The fourth-order valence-corrected chi connectivity index (χ4v) is 3.75. The lowest BCUT2D eigenvalue weighted by molar-refractivity contribution is 0.194. The summed E-state index contributed by atoms with van der Waals surface area (Å²) < 4.78 is 5.41. The predicted octanol–water partition coefficient (Wildman–Crippen LogP) is 3.08. The van der Waals surface area contributed by atoms with E-state index >= 15 is 0 Å². The van der Waals surface area contributed by atoms with Gasteiger partial charge in [0, 0.05) is 34.8 Å². The van der Waals surface area contributed by atoms with Gasteiger partial charge in [-0.2, -0.15) is 11.8 Å². The number of ether oxygens (including phenoxy) is 1. The van der Waals surface area contributed by atoms with Crippen molar-refractivity contribution in [2.75, 3.05) is 24.3 Å². The van der Waals surface area contributed by atoms with Crippen LogP contribution in [0.25, 0.3) is 0 Å². The Bertz CT molecular complexity index is 436. The van der Waals surface area contributed by atoms with Gasteiger partial charge in [0.1, 0.15) is 5.75 Å². The molecule has 3 atom stereocenters. The summed E-state index contributed by atoms with van der Waals surface area (Å²) in [5.74, 6) is 1.90. The van der Waals surface area contributed by atoms with Crippen molar-refractivity contribution in [2.45, 2.75) is 38.2 Å². The van der Waals surface area contributed by atoms with Crippen LogP contribution in [0.15, 0.2) is 18.2 Å². The number of nitrogens with zero attached hydrogens (tertiary/aromatic N) is 1. The van der Waals surface area contributed by atoms with Crippen LogP contribution >= 0.6 is 11.8 Å². The van der Waals surface area contributed by atoms with Crippen LogP contribution < -0.4 is 9.64 Å². The Hall–Kier alpha value is -0.870. The van der Waals surface area contributed by atoms with Crippen LogP contribution in [0.4, 0.5) is 5.69 Å². The van der Waals surface area contributed by atoms with E-state index in [4.69, 9.17) is 4.74 Å². The maximum Gasteiger partial charge on any atom is 0.126 e. The highest BCUT2D eigenvalue weighted by atomic mass is 32.2. The van der Waals surface area contributed by atoms with Gasteiger partial charge in [0.25, 0.3) is 0 Å². The molecule has 0 aliphatic carbocycles. The zero-order valence-electron chi connectivity index (χ0n) is 12.1. The SMILES string of the molecule is COc1cccc(N2CCSC(C)C2C)c1[C@@H](C)O. The second-order valence-corrected chi connectivity index (χ2v) is 6.56. The van der Waals surface area contributed by atoms with Crippen molar-refractivity contribution >= 4 is 17.4 Å². The van der Waals surface area contributed by atoms with Gasteiger partial charge < -0.3 is 14.7 Å². The molecule has 0 spiro atoms. The normalized spacial score (nSPS) is 25.2. The first-order valence-corrected chi connectivity index (χ1v) is 7.84. The number of aliphatic hydroxyl groups is 1. The monoisotopic (exact) mass is 281 g/mol. The Morgan fingerprint density at radius 1 is 1.42 bits per heavy atom. The molecule has 19 heavy (non-hydrogen) atoms. The smallest absolute Gasteiger partial charge is 0.126 e. The highest BCUT2D eigenvalue weighted by Crippen LogP contribution is 2.38. The maximum absolute atomic E-state index is 10.1. The molecule has 3 nitrogen and oxygen atoms in total. The first kappa shape index (κ1) is 14.5. The molecule has 2 unspecified atom stereocenters. The van der Waals surface area contributed by atoms with Gasteiger partial charge in [-0.15, -0.1) is 0 Å². The number of anilines is 1. The van der Waals surface area contributed by atoms with Gasteiger partial charge in [0.15, 0.2) is 0 Å². The van der Waals surface area contributed by atoms with Crippen LogP contribution in [0.3, 0.4) is 0 Å². The van der Waals surface area contributed by atoms with Crippen molar-refractivity contribution in [3.8, 4) is 5.75 Å². The third kappa shape index (κ3) is 2.84. The Morgan fingerprint density at radius 2 is 2.16 bits per heavy atom. The van der Waals surface area contributed by atoms with E-state index in [-0.39, 0.29) is 0 Å². The van der Waals surface area contributed by atoms with E-state index in [2.05, 4.69) is 24.8 Å². The molecule has 0 radical (unpaired) electrons. The summed E-state index contributed by atoms with van der Waals surface area (Å²) in [6.45, 7) is 7.34. The maximum atomic E-state index is 10.1. The minimum absolute atomic E-state index is 0.461. The molecule has 4 heteroatoms. The number of thioether (sulfide) groups is 1. The number of hydrogen-bond donors (Lipinski definition) is 1. The van der Waals surface area contributed by atoms with Crippen molar-refractivity contribution in [3.63, 3.8) is 0 Å². The Kier molecular flexibility index (Phi) is 4.63. The Balaban J connectivity index is 2.43. The lowest BCUT2D eigenvalue weighted by atomic mass is 10.0. The topological polar surface area (TPSA) is 32.7 Å². The second-order valence-electron chi connectivity index (χ2n) is 5.08. The summed E-state index contributed by atoms with van der Waals surface area (Å²) in [5.41, 5.74) is 2.00. The first-order valence-electron chi connectivity index (χ1n) is 6.79. The van der Waals surface area contributed by atoms with Gasteiger partial charge in [-0.05, 0) is 26.0 Å². The average Bonchev–Trinajstić information content (AvgIpc) is 2.40. The molecule has 0 aromatic heterocycles. The summed E-state index contributed by atoms with van der Waals surface area (Å²) in [5, 5.41) is 10.7. The Morgan fingerprint density at radius 3 is 2.79 bits per heavy atom. The van der Waals surface area contributed by atoms with Crippen molar-refractivity contribution in [2.24, 2.45) is 0 Å². The van der Waals surface area contributed by atoms with Gasteiger partial charge in [-0.3, -0.25) is 0 Å². The van der Waals surface area contributed by atoms with E-state index in [9.17, 15) is 5.11 Å². The highest BCUT2D eigenvalue weighted by Gasteiger charge is 2.28. The molecule has 106 valence electrons. The van der Waals surface area contributed by atoms with Gasteiger partial charge in [-0.1, -0.05) is 13.0 Å². The molecule has 1 aromatic rings. The zero-order chi connectivity index (χ0) is 14.0. The average molecular weight is 281 g/mol. The van der Waals surface area contributed by atoms with Crippen LogP contribution in [0.2, 0.25) is 0 Å². The van der Waals surface area contributed by atoms with Crippen LogP contribution in [0.1, 0.15) is 32.4 Å². The molecule has 0 amide bonds. The number of benzene rings is 1. The molecule has 1 N–H and O–H groups in total. The quantitative estimate of drug-likeness (QED) is 0.923. The summed E-state index contributed by atoms with van der Waals surface area (Å²) in [6.07, 6.45) is -0.525. The zero-order valence-corrected chi connectivity index (χ0v) is 12.9. The molecule has 1 heterocycles. The lowest BCUT2D eigenvalue weighted by Gasteiger charge is -2.40. The van der Waals surface area contributed by atoms with Crippen molar-refractivity contribution in [1.29, 1.82) is 0 Å². The summed E-state index contributed by atoms with van der Waals surface area (Å²) in [7, 11) is 1.66. The van der Waals surface area contributed by atoms with Gasteiger partial charge in [-0.25, -0.2) is 0 Å². The molecule has 1 aliphatic heterocycles. The minimum Gasteiger partial charge on any atom is -0.496 e. The van der Waals surface area contributed by atoms with Gasteiger partial charge in [0.2, 0.25) is 0 Å². The van der Waals surface area contributed by atoms with E-state index in [1.54, 1.807) is 14.0 Å². The fourth-order valence-electron chi connectivity index (χ4n) is 2.65. The molecule has 1 fully saturated rings. The summed E-state index contributed by atoms with van der Waals surface area (Å²) in [4.78, 5) is 2.39. The molecule has 0 bridgehead atoms. The summed E-state index contributed by atoms with van der Waals surface area (Å²) >= 11 is 2.01. The highest BCUT2D eigenvalue weighted by molar-refractivity contribution is 8.00. The van der Waals surface area contributed by atoms with Gasteiger partial charge in [0.05, 0.1) is 13.2 Å². The molecule has 1 aromatic carbocycles. The molecular weight excluding hydrogens is 258 g/mol. The van der Waals surface area contributed by atoms with Crippen molar-refractivity contribution in [3.05, 3.63) is 23.8 Å².